The van der Waals surface area contributed by atoms with Gasteiger partial charge in [-0.1, -0.05) is 6.42 Å². The van der Waals surface area contributed by atoms with E-state index in [9.17, 15) is 0 Å². The summed E-state index contributed by atoms with van der Waals surface area (Å²) in [6.45, 7) is 8.07. The van der Waals surface area contributed by atoms with Crippen LogP contribution >= 0.6 is 12.6 Å². The lowest BCUT2D eigenvalue weighted by atomic mass is 10.1. The van der Waals surface area contributed by atoms with Gasteiger partial charge in [0.1, 0.15) is 0 Å². The molecule has 0 atom stereocenters. The van der Waals surface area contributed by atoms with Crippen molar-refractivity contribution in [1.29, 1.82) is 0 Å². The van der Waals surface area contributed by atoms with Crippen LogP contribution in [0.1, 0.15) is 33.1 Å². The van der Waals surface area contributed by atoms with Crippen molar-refractivity contribution in [3.8, 4) is 0 Å². The molecule has 0 spiro atoms. The zero-order valence-electron chi connectivity index (χ0n) is 7.64. The van der Waals surface area contributed by atoms with E-state index in [1.165, 1.54) is 32.4 Å². The third kappa shape index (κ3) is 4.02. The van der Waals surface area contributed by atoms with Crippen molar-refractivity contribution >= 4 is 12.6 Å². The molecule has 1 saturated heterocycles. The molecular formula is C9H19NS. The standard InChI is InChI=1S/C9H19NS/c1-9(2,11)8-10-6-4-3-5-7-10/h11H,3-8H2,1-2H3. The minimum atomic E-state index is 0.178. The van der Waals surface area contributed by atoms with Crippen LogP contribution in [0.3, 0.4) is 0 Å². The fourth-order valence-corrected chi connectivity index (χ4v) is 1.86. The van der Waals surface area contributed by atoms with E-state index in [4.69, 9.17) is 0 Å². The van der Waals surface area contributed by atoms with Crippen molar-refractivity contribution in [2.45, 2.75) is 37.9 Å². The molecule has 1 heterocycles. The maximum absolute atomic E-state index is 4.52. The van der Waals surface area contributed by atoms with Crippen LogP contribution in [0.15, 0.2) is 0 Å². The maximum atomic E-state index is 4.52. The molecule has 11 heavy (non-hydrogen) atoms. The molecule has 0 radical (unpaired) electrons. The van der Waals surface area contributed by atoms with Crippen LogP contribution in [0.25, 0.3) is 0 Å². The lowest BCUT2D eigenvalue weighted by Gasteiger charge is -2.31. The first kappa shape index (κ1) is 9.40. The summed E-state index contributed by atoms with van der Waals surface area (Å²) >= 11 is 4.52. The predicted octanol–water partition coefficient (Wildman–Crippen LogP) is 2.18. The van der Waals surface area contributed by atoms with Gasteiger partial charge in [0.15, 0.2) is 0 Å². The average Bonchev–Trinajstić information content (AvgIpc) is 1.85. The normalized spacial score (nSPS) is 22.1. The van der Waals surface area contributed by atoms with Crippen molar-refractivity contribution in [3.63, 3.8) is 0 Å². The number of rotatable bonds is 2. The molecule has 66 valence electrons. The van der Waals surface area contributed by atoms with E-state index in [1.54, 1.807) is 0 Å². The van der Waals surface area contributed by atoms with E-state index in [1.807, 2.05) is 0 Å². The van der Waals surface area contributed by atoms with Crippen LogP contribution < -0.4 is 0 Å². The summed E-state index contributed by atoms with van der Waals surface area (Å²) < 4.78 is 0.178. The molecule has 0 aliphatic carbocycles. The predicted molar refractivity (Wildman–Crippen MR) is 53.4 cm³/mol. The van der Waals surface area contributed by atoms with Gasteiger partial charge in [-0.2, -0.15) is 12.6 Å². The number of nitrogens with zero attached hydrogens (tertiary/aromatic N) is 1. The van der Waals surface area contributed by atoms with Crippen molar-refractivity contribution in [2.75, 3.05) is 19.6 Å². The van der Waals surface area contributed by atoms with Crippen LogP contribution in [0, 0.1) is 0 Å². The number of hydrogen-bond donors (Lipinski definition) is 1. The number of thiol groups is 1. The fraction of sp³-hybridized carbons (Fsp3) is 1.00. The van der Waals surface area contributed by atoms with E-state index < -0.39 is 0 Å². The monoisotopic (exact) mass is 173 g/mol. The summed E-state index contributed by atoms with van der Waals surface area (Å²) in [4.78, 5) is 2.52. The van der Waals surface area contributed by atoms with Gasteiger partial charge >= 0.3 is 0 Å². The Kier molecular flexibility index (Phi) is 3.26. The zero-order chi connectivity index (χ0) is 8.32. The first-order valence-electron chi connectivity index (χ1n) is 4.53. The van der Waals surface area contributed by atoms with Gasteiger partial charge in [0, 0.05) is 11.3 Å². The van der Waals surface area contributed by atoms with Gasteiger partial charge in [-0.3, -0.25) is 0 Å². The first-order valence-corrected chi connectivity index (χ1v) is 4.97. The molecule has 0 saturated carbocycles. The van der Waals surface area contributed by atoms with Crippen molar-refractivity contribution < 1.29 is 0 Å². The van der Waals surface area contributed by atoms with Gasteiger partial charge in [-0.15, -0.1) is 0 Å². The molecule has 0 bridgehead atoms. The molecular weight excluding hydrogens is 154 g/mol. The van der Waals surface area contributed by atoms with Crippen molar-refractivity contribution in [2.24, 2.45) is 0 Å². The summed E-state index contributed by atoms with van der Waals surface area (Å²) in [6.07, 6.45) is 4.18. The van der Waals surface area contributed by atoms with Gasteiger partial charge in [-0.25, -0.2) is 0 Å². The van der Waals surface area contributed by atoms with Gasteiger partial charge in [0.05, 0.1) is 0 Å². The minimum absolute atomic E-state index is 0.178. The molecule has 1 rings (SSSR count). The second-order valence-corrected chi connectivity index (χ2v) is 5.36. The van der Waals surface area contributed by atoms with E-state index in [2.05, 4.69) is 31.4 Å². The van der Waals surface area contributed by atoms with Gasteiger partial charge in [-0.05, 0) is 39.8 Å². The Morgan fingerprint density at radius 1 is 1.18 bits per heavy atom. The molecule has 1 aliphatic heterocycles. The molecule has 0 aromatic heterocycles. The minimum Gasteiger partial charge on any atom is -0.302 e. The summed E-state index contributed by atoms with van der Waals surface area (Å²) in [6, 6.07) is 0. The van der Waals surface area contributed by atoms with E-state index in [0.29, 0.717) is 0 Å². The van der Waals surface area contributed by atoms with Crippen LogP contribution in [-0.2, 0) is 0 Å². The highest BCUT2D eigenvalue weighted by Crippen LogP contribution is 2.17. The van der Waals surface area contributed by atoms with Gasteiger partial charge in [0.25, 0.3) is 0 Å². The Labute approximate surface area is 75.6 Å². The Hall–Kier alpha value is 0.310. The van der Waals surface area contributed by atoms with E-state index >= 15 is 0 Å². The highest BCUT2D eigenvalue weighted by Gasteiger charge is 2.18. The lowest BCUT2D eigenvalue weighted by molar-refractivity contribution is 0.215. The summed E-state index contributed by atoms with van der Waals surface area (Å²) in [5.41, 5.74) is 0. The van der Waals surface area contributed by atoms with Gasteiger partial charge < -0.3 is 4.90 Å². The molecule has 1 fully saturated rings. The van der Waals surface area contributed by atoms with Crippen molar-refractivity contribution in [1.82, 2.24) is 4.90 Å². The molecule has 0 aromatic rings. The Balaban J connectivity index is 2.24. The molecule has 1 nitrogen and oxygen atoms in total. The highest BCUT2D eigenvalue weighted by molar-refractivity contribution is 7.81. The summed E-state index contributed by atoms with van der Waals surface area (Å²) in [7, 11) is 0. The Morgan fingerprint density at radius 2 is 1.73 bits per heavy atom. The molecule has 0 amide bonds. The third-order valence-corrected chi connectivity index (χ3v) is 2.20. The smallest absolute Gasteiger partial charge is 0.0200 e. The second-order valence-electron chi connectivity index (χ2n) is 4.15. The second kappa shape index (κ2) is 3.81. The Morgan fingerprint density at radius 3 is 2.18 bits per heavy atom. The largest absolute Gasteiger partial charge is 0.302 e. The van der Waals surface area contributed by atoms with Crippen LogP contribution in [-0.4, -0.2) is 29.3 Å². The molecule has 0 aromatic carbocycles. The Bertz CT molecular complexity index is 111. The number of likely N-dealkylation sites (tertiary alicyclic amines) is 1. The molecule has 0 unspecified atom stereocenters. The van der Waals surface area contributed by atoms with Crippen LogP contribution in [0.5, 0.6) is 0 Å². The third-order valence-electron chi connectivity index (χ3n) is 2.06. The van der Waals surface area contributed by atoms with Crippen molar-refractivity contribution in [3.05, 3.63) is 0 Å². The van der Waals surface area contributed by atoms with Gasteiger partial charge in [0.2, 0.25) is 0 Å². The highest BCUT2D eigenvalue weighted by atomic mass is 32.1. The number of hydrogen-bond acceptors (Lipinski definition) is 2. The molecule has 0 N–H and O–H groups in total. The van der Waals surface area contributed by atoms with Crippen LogP contribution in [0.4, 0.5) is 0 Å². The number of piperidine rings is 1. The average molecular weight is 173 g/mol. The lowest BCUT2D eigenvalue weighted by Crippen LogP contribution is -2.38. The fourth-order valence-electron chi connectivity index (χ4n) is 1.66. The van der Waals surface area contributed by atoms with E-state index in [-0.39, 0.29) is 4.75 Å². The summed E-state index contributed by atoms with van der Waals surface area (Å²) in [5.74, 6) is 0. The first-order chi connectivity index (χ1) is 5.08. The molecule has 2 heteroatoms. The zero-order valence-corrected chi connectivity index (χ0v) is 8.53. The van der Waals surface area contributed by atoms with Crippen LogP contribution in [0.2, 0.25) is 0 Å². The maximum Gasteiger partial charge on any atom is 0.0200 e. The topological polar surface area (TPSA) is 3.24 Å². The summed E-state index contributed by atoms with van der Waals surface area (Å²) in [5, 5.41) is 0. The van der Waals surface area contributed by atoms with E-state index in [0.717, 1.165) is 6.54 Å². The SMILES string of the molecule is CC(C)(S)CN1CCCCC1. The quantitative estimate of drug-likeness (QED) is 0.626. The molecule has 1 aliphatic rings.